The van der Waals surface area contributed by atoms with Crippen LogP contribution in [0, 0.1) is 5.82 Å². The number of furan rings is 1. The molecule has 2 nitrogen and oxygen atoms in total. The van der Waals surface area contributed by atoms with E-state index < -0.39 is 0 Å². The predicted octanol–water partition coefficient (Wildman–Crippen LogP) is 6.26. The van der Waals surface area contributed by atoms with E-state index in [9.17, 15) is 9.18 Å². The van der Waals surface area contributed by atoms with E-state index in [1.165, 1.54) is 12.1 Å². The van der Waals surface area contributed by atoms with Crippen LogP contribution in [-0.4, -0.2) is 5.78 Å². The lowest BCUT2D eigenvalue weighted by atomic mass is 9.81. The largest absolute Gasteiger partial charge is 0.455 e. The molecule has 3 heteroatoms. The number of carbonyl (C=O) groups excluding carboxylic acids is 1. The summed E-state index contributed by atoms with van der Waals surface area (Å²) in [7, 11) is 0. The first-order chi connectivity index (χ1) is 13.2. The highest BCUT2D eigenvalue weighted by Crippen LogP contribution is 2.40. The summed E-state index contributed by atoms with van der Waals surface area (Å²) in [5.74, 6) is -0.111. The summed E-state index contributed by atoms with van der Waals surface area (Å²) >= 11 is 0. The van der Waals surface area contributed by atoms with E-state index in [0.29, 0.717) is 6.42 Å². The molecule has 1 aliphatic carbocycles. The fourth-order valence-electron chi connectivity index (χ4n) is 4.05. The topological polar surface area (TPSA) is 30.2 Å². The molecular weight excluding hydrogens is 339 g/mol. The van der Waals surface area contributed by atoms with Crippen LogP contribution in [0.2, 0.25) is 0 Å². The Morgan fingerprint density at radius 2 is 1.63 bits per heavy atom. The summed E-state index contributed by atoms with van der Waals surface area (Å²) in [5.41, 5.74) is 4.59. The third kappa shape index (κ3) is 2.76. The molecule has 1 aliphatic rings. The van der Waals surface area contributed by atoms with Crippen molar-refractivity contribution >= 4 is 33.3 Å². The molecule has 4 aromatic rings. The average molecular weight is 356 g/mol. The van der Waals surface area contributed by atoms with E-state index >= 15 is 0 Å². The molecular formula is C24H17FO2. The quantitative estimate of drug-likeness (QED) is 0.425. The van der Waals surface area contributed by atoms with Gasteiger partial charge in [-0.1, -0.05) is 48.5 Å². The summed E-state index contributed by atoms with van der Waals surface area (Å²) in [5, 5.41) is 2.13. The van der Waals surface area contributed by atoms with Crippen molar-refractivity contribution in [2.24, 2.45) is 0 Å². The van der Waals surface area contributed by atoms with Crippen LogP contribution < -0.4 is 0 Å². The van der Waals surface area contributed by atoms with Gasteiger partial charge in [-0.15, -0.1) is 0 Å². The van der Waals surface area contributed by atoms with Gasteiger partial charge in [0.15, 0.2) is 5.78 Å². The highest BCUT2D eigenvalue weighted by atomic mass is 19.1. The van der Waals surface area contributed by atoms with Crippen LogP contribution in [0.4, 0.5) is 4.39 Å². The van der Waals surface area contributed by atoms with Gasteiger partial charge in [-0.3, -0.25) is 4.79 Å². The lowest BCUT2D eigenvalue weighted by molar-refractivity contribution is -0.115. The van der Waals surface area contributed by atoms with Crippen LogP contribution in [0.15, 0.2) is 77.2 Å². The van der Waals surface area contributed by atoms with Crippen molar-refractivity contribution in [1.82, 2.24) is 0 Å². The highest BCUT2D eigenvalue weighted by molar-refractivity contribution is 6.10. The van der Waals surface area contributed by atoms with E-state index in [-0.39, 0.29) is 17.5 Å². The van der Waals surface area contributed by atoms with Gasteiger partial charge in [-0.05, 0) is 47.8 Å². The second-order valence-electron chi connectivity index (χ2n) is 7.07. The average Bonchev–Trinajstić information content (AvgIpc) is 3.07. The SMILES string of the molecule is O=C1C=C(c2cccc3c2oc2ccccc23)C[C@@H](c2ccc(F)cc2)C1. The molecule has 0 bridgehead atoms. The Kier molecular flexibility index (Phi) is 3.68. The molecule has 27 heavy (non-hydrogen) atoms. The van der Waals surface area contributed by atoms with Gasteiger partial charge >= 0.3 is 0 Å². The highest BCUT2D eigenvalue weighted by Gasteiger charge is 2.25. The van der Waals surface area contributed by atoms with E-state index in [2.05, 4.69) is 0 Å². The predicted molar refractivity (Wildman–Crippen MR) is 105 cm³/mol. The van der Waals surface area contributed by atoms with Crippen molar-refractivity contribution in [3.8, 4) is 0 Å². The molecule has 0 fully saturated rings. The summed E-state index contributed by atoms with van der Waals surface area (Å²) in [6.07, 6.45) is 2.92. The van der Waals surface area contributed by atoms with Crippen LogP contribution in [0.1, 0.15) is 29.9 Å². The Morgan fingerprint density at radius 1 is 0.852 bits per heavy atom. The Labute approximate surface area is 155 Å². The Hall–Kier alpha value is -3.20. The minimum atomic E-state index is -0.260. The number of fused-ring (bicyclic) bond motifs is 3. The normalized spacial score (nSPS) is 17.4. The van der Waals surface area contributed by atoms with Crippen molar-refractivity contribution in [1.29, 1.82) is 0 Å². The molecule has 0 radical (unpaired) electrons. The third-order valence-electron chi connectivity index (χ3n) is 5.34. The number of benzene rings is 3. The first kappa shape index (κ1) is 16.0. The molecule has 3 aromatic carbocycles. The molecule has 1 heterocycles. The van der Waals surface area contributed by atoms with Crippen molar-refractivity contribution < 1.29 is 13.6 Å². The van der Waals surface area contributed by atoms with Crippen LogP contribution >= 0.6 is 0 Å². The number of hydrogen-bond donors (Lipinski definition) is 0. The lowest BCUT2D eigenvalue weighted by Crippen LogP contribution is -2.12. The van der Waals surface area contributed by atoms with Gasteiger partial charge in [0.2, 0.25) is 0 Å². The molecule has 1 atom stereocenters. The lowest BCUT2D eigenvalue weighted by Gasteiger charge is -2.22. The second-order valence-corrected chi connectivity index (χ2v) is 7.07. The monoisotopic (exact) mass is 356 g/mol. The van der Waals surface area contributed by atoms with E-state index in [4.69, 9.17) is 4.42 Å². The smallest absolute Gasteiger partial charge is 0.156 e. The fourth-order valence-corrected chi connectivity index (χ4v) is 4.05. The van der Waals surface area contributed by atoms with Gasteiger partial charge in [-0.25, -0.2) is 4.39 Å². The van der Waals surface area contributed by atoms with Crippen LogP contribution in [-0.2, 0) is 4.79 Å². The molecule has 0 saturated heterocycles. The minimum absolute atomic E-state index is 0.0535. The molecule has 5 rings (SSSR count). The number of hydrogen-bond acceptors (Lipinski definition) is 2. The molecule has 1 aromatic heterocycles. The van der Waals surface area contributed by atoms with E-state index in [0.717, 1.165) is 45.1 Å². The Balaban J connectivity index is 1.61. The molecule has 0 N–H and O–H groups in total. The molecule has 0 aliphatic heterocycles. The maximum atomic E-state index is 13.3. The van der Waals surface area contributed by atoms with Gasteiger partial charge in [0.25, 0.3) is 0 Å². The summed E-state index contributed by atoms with van der Waals surface area (Å²) in [6.45, 7) is 0. The van der Waals surface area contributed by atoms with E-state index in [1.807, 2.05) is 42.5 Å². The van der Waals surface area contributed by atoms with Gasteiger partial charge in [-0.2, -0.15) is 0 Å². The number of halogens is 1. The number of para-hydroxylation sites is 2. The molecule has 0 unspecified atom stereocenters. The third-order valence-corrected chi connectivity index (χ3v) is 5.34. The molecule has 0 amide bonds. The van der Waals surface area contributed by atoms with Gasteiger partial charge < -0.3 is 4.42 Å². The van der Waals surface area contributed by atoms with Crippen LogP contribution in [0.25, 0.3) is 27.5 Å². The first-order valence-electron chi connectivity index (χ1n) is 9.08. The summed E-state index contributed by atoms with van der Waals surface area (Å²) < 4.78 is 19.4. The van der Waals surface area contributed by atoms with Gasteiger partial charge in [0.05, 0.1) is 0 Å². The zero-order chi connectivity index (χ0) is 18.4. The van der Waals surface area contributed by atoms with Crippen LogP contribution in [0.5, 0.6) is 0 Å². The zero-order valence-electron chi connectivity index (χ0n) is 14.6. The molecule has 0 saturated carbocycles. The summed E-state index contributed by atoms with van der Waals surface area (Å²) in [4.78, 5) is 12.4. The maximum absolute atomic E-state index is 13.3. The Morgan fingerprint density at radius 3 is 2.48 bits per heavy atom. The van der Waals surface area contributed by atoms with Crippen molar-refractivity contribution in [2.45, 2.75) is 18.8 Å². The first-order valence-corrected chi connectivity index (χ1v) is 9.08. The minimum Gasteiger partial charge on any atom is -0.455 e. The number of carbonyl (C=O) groups is 1. The maximum Gasteiger partial charge on any atom is 0.156 e. The Bertz CT molecular complexity index is 1200. The zero-order valence-corrected chi connectivity index (χ0v) is 14.6. The van der Waals surface area contributed by atoms with Gasteiger partial charge in [0.1, 0.15) is 17.0 Å². The van der Waals surface area contributed by atoms with Crippen molar-refractivity contribution in [3.63, 3.8) is 0 Å². The standard InChI is InChI=1S/C24H17FO2/c25-18-10-8-15(9-11-18)16-12-17(14-19(26)13-16)20-5-3-6-22-21-4-1-2-7-23(21)27-24(20)22/h1-11,14,16H,12-13H2/t16-/m1/s1. The molecule has 132 valence electrons. The van der Waals surface area contributed by atoms with Crippen molar-refractivity contribution in [3.05, 3.63) is 89.8 Å². The van der Waals surface area contributed by atoms with Gasteiger partial charge in [0, 0.05) is 22.8 Å². The van der Waals surface area contributed by atoms with E-state index in [1.54, 1.807) is 18.2 Å². The molecule has 0 spiro atoms. The summed E-state index contributed by atoms with van der Waals surface area (Å²) in [6, 6.07) is 20.5. The van der Waals surface area contributed by atoms with Crippen LogP contribution in [0.3, 0.4) is 0 Å². The number of ketones is 1. The number of rotatable bonds is 2. The number of allylic oxidation sites excluding steroid dienone is 2. The fraction of sp³-hybridized carbons (Fsp3) is 0.125. The van der Waals surface area contributed by atoms with Crippen molar-refractivity contribution in [2.75, 3.05) is 0 Å². The second kappa shape index (κ2) is 6.20.